The first kappa shape index (κ1) is 24.3. The van der Waals surface area contributed by atoms with Crippen LogP contribution < -0.4 is 5.32 Å². The Labute approximate surface area is 187 Å². The number of amides is 1. The van der Waals surface area contributed by atoms with Gasteiger partial charge >= 0.3 is 5.97 Å². The normalized spacial score (nSPS) is 43.5. The van der Waals surface area contributed by atoms with Gasteiger partial charge in [-0.1, -0.05) is 36.4 Å². The van der Waals surface area contributed by atoms with Gasteiger partial charge in [0, 0.05) is 24.7 Å². The summed E-state index contributed by atoms with van der Waals surface area (Å²) in [5, 5.41) is 34.1. The molecule has 31 heavy (non-hydrogen) atoms. The summed E-state index contributed by atoms with van der Waals surface area (Å²) in [5.41, 5.74) is 0.735. The van der Waals surface area contributed by atoms with Gasteiger partial charge in [0.15, 0.2) is 5.79 Å². The van der Waals surface area contributed by atoms with Crippen LogP contribution in [0.25, 0.3) is 0 Å². The lowest BCUT2D eigenvalue weighted by Crippen LogP contribution is -2.58. The molecule has 0 saturated carbocycles. The molecule has 4 N–H and O–H groups in total. The lowest BCUT2D eigenvalue weighted by molar-refractivity contribution is -0.283. The van der Waals surface area contributed by atoms with Crippen molar-refractivity contribution >= 4 is 23.0 Å². The minimum atomic E-state index is -1.60. The molecule has 0 aliphatic carbocycles. The minimum absolute atomic E-state index is 0.0913. The van der Waals surface area contributed by atoms with Crippen molar-refractivity contribution in [3.05, 3.63) is 23.8 Å². The third-order valence-electron chi connectivity index (χ3n) is 6.09. The van der Waals surface area contributed by atoms with E-state index in [-0.39, 0.29) is 23.7 Å². The summed E-state index contributed by atoms with van der Waals surface area (Å²) < 4.78 is 11.7. The summed E-state index contributed by atoms with van der Waals surface area (Å²) in [5.74, 6) is -1.60. The van der Waals surface area contributed by atoms with E-state index in [4.69, 9.17) is 9.47 Å². The number of carbonyl (C=O) groups is 2. The lowest BCUT2D eigenvalue weighted by atomic mass is 9.90. The number of ether oxygens (including phenoxy) is 2. The topological polar surface area (TPSA) is 125 Å². The van der Waals surface area contributed by atoms with Crippen LogP contribution in [0.1, 0.15) is 52.4 Å². The fourth-order valence-electron chi connectivity index (χ4n) is 4.20. The van der Waals surface area contributed by atoms with Gasteiger partial charge in [0.05, 0.1) is 24.4 Å². The van der Waals surface area contributed by atoms with Crippen LogP contribution in [0, 0.1) is 5.92 Å². The van der Waals surface area contributed by atoms with E-state index in [0.29, 0.717) is 31.4 Å². The van der Waals surface area contributed by atoms with Crippen molar-refractivity contribution in [3.63, 3.8) is 0 Å². The maximum atomic E-state index is 12.5. The Bertz CT molecular complexity index is 727. The van der Waals surface area contributed by atoms with Crippen molar-refractivity contribution in [1.82, 2.24) is 5.32 Å². The van der Waals surface area contributed by atoms with Crippen LogP contribution in [0.2, 0.25) is 0 Å². The molecule has 3 aliphatic heterocycles. The van der Waals surface area contributed by atoms with Gasteiger partial charge in [-0.15, -0.1) is 0 Å². The van der Waals surface area contributed by atoms with E-state index in [0.717, 1.165) is 23.8 Å². The van der Waals surface area contributed by atoms with Gasteiger partial charge in [-0.3, -0.25) is 4.79 Å². The number of hydrogen-bond acceptors (Lipinski definition) is 8. The minimum Gasteiger partial charge on any atom is -0.459 e. The highest BCUT2D eigenvalue weighted by Gasteiger charge is 2.49. The van der Waals surface area contributed by atoms with Crippen molar-refractivity contribution in [2.75, 3.05) is 5.75 Å². The molecule has 3 rings (SSSR count). The number of rotatable bonds is 1. The zero-order valence-corrected chi connectivity index (χ0v) is 18.8. The molecule has 0 aromatic heterocycles. The lowest BCUT2D eigenvalue weighted by Gasteiger charge is -2.43. The Morgan fingerprint density at radius 3 is 2.65 bits per heavy atom. The molecule has 0 aromatic carbocycles. The molecule has 3 heterocycles. The largest absolute Gasteiger partial charge is 0.459 e. The van der Waals surface area contributed by atoms with Gasteiger partial charge in [0.1, 0.15) is 6.10 Å². The SMILES string of the molecule is C/C1=C/C(=O)OC2C[C@@H](CC[C@H](C)/C=C\C(O)[C@H](O)CC1)OC(O)(C1CSC(=O)N1)C2. The highest BCUT2D eigenvalue weighted by atomic mass is 32.2. The second-order valence-corrected chi connectivity index (χ2v) is 9.90. The van der Waals surface area contributed by atoms with E-state index in [1.807, 2.05) is 13.0 Å². The Hall–Kier alpha value is -1.39. The van der Waals surface area contributed by atoms with Crippen molar-refractivity contribution in [3.8, 4) is 0 Å². The van der Waals surface area contributed by atoms with E-state index in [1.165, 1.54) is 6.08 Å². The van der Waals surface area contributed by atoms with Crippen LogP contribution in [0.15, 0.2) is 23.8 Å². The summed E-state index contributed by atoms with van der Waals surface area (Å²) in [6, 6.07) is -0.564. The molecule has 2 fully saturated rings. The van der Waals surface area contributed by atoms with E-state index in [2.05, 4.69) is 5.32 Å². The molecule has 4 unspecified atom stereocenters. The summed E-state index contributed by atoms with van der Waals surface area (Å²) in [6.45, 7) is 3.78. The van der Waals surface area contributed by atoms with Crippen LogP contribution >= 0.6 is 11.8 Å². The second kappa shape index (κ2) is 10.5. The van der Waals surface area contributed by atoms with Gasteiger partial charge < -0.3 is 30.1 Å². The molecule has 9 heteroatoms. The van der Waals surface area contributed by atoms with Crippen LogP contribution in [-0.4, -0.2) is 68.5 Å². The average molecular weight is 456 g/mol. The molecule has 3 aliphatic rings. The predicted molar refractivity (Wildman–Crippen MR) is 116 cm³/mol. The number of nitrogens with one attached hydrogen (secondary N) is 1. The number of hydrogen-bond donors (Lipinski definition) is 4. The van der Waals surface area contributed by atoms with Crippen LogP contribution in [0.5, 0.6) is 0 Å². The second-order valence-electron chi connectivity index (χ2n) is 8.91. The summed E-state index contributed by atoms with van der Waals surface area (Å²) in [6.07, 6.45) is 4.79. The molecule has 0 radical (unpaired) electrons. The molecule has 2 saturated heterocycles. The van der Waals surface area contributed by atoms with Crippen molar-refractivity contribution in [1.29, 1.82) is 0 Å². The third-order valence-corrected chi connectivity index (χ3v) is 6.97. The smallest absolute Gasteiger partial charge is 0.330 e. The summed E-state index contributed by atoms with van der Waals surface area (Å²) in [4.78, 5) is 24.1. The Morgan fingerprint density at radius 1 is 1.16 bits per heavy atom. The van der Waals surface area contributed by atoms with Crippen molar-refractivity contribution in [2.24, 2.45) is 5.92 Å². The Balaban J connectivity index is 1.79. The highest BCUT2D eigenvalue weighted by molar-refractivity contribution is 8.14. The van der Waals surface area contributed by atoms with E-state index < -0.39 is 36.1 Å². The molecule has 0 spiro atoms. The number of fused-ring (bicyclic) bond motifs is 2. The first-order valence-electron chi connectivity index (χ1n) is 10.9. The van der Waals surface area contributed by atoms with Gasteiger partial charge in [0.2, 0.25) is 0 Å². The first-order chi connectivity index (χ1) is 14.6. The molecule has 7 atom stereocenters. The maximum Gasteiger partial charge on any atom is 0.330 e. The zero-order chi connectivity index (χ0) is 22.6. The van der Waals surface area contributed by atoms with Crippen LogP contribution in [0.4, 0.5) is 4.79 Å². The van der Waals surface area contributed by atoms with Gasteiger partial charge in [-0.2, -0.15) is 0 Å². The molecule has 8 nitrogen and oxygen atoms in total. The Kier molecular flexibility index (Phi) is 8.20. The van der Waals surface area contributed by atoms with Crippen molar-refractivity contribution < 1.29 is 34.4 Å². The number of aliphatic hydroxyl groups excluding tert-OH is 2. The predicted octanol–water partition coefficient (Wildman–Crippen LogP) is 2.03. The summed E-state index contributed by atoms with van der Waals surface area (Å²) >= 11 is 1.10. The molecular formula is C22H33NO7S. The summed E-state index contributed by atoms with van der Waals surface area (Å²) in [7, 11) is 0. The number of aliphatic hydroxyl groups is 3. The number of carbonyl (C=O) groups excluding carboxylic acids is 2. The molecular weight excluding hydrogens is 422 g/mol. The number of thioether (sulfide) groups is 1. The van der Waals surface area contributed by atoms with E-state index in [9.17, 15) is 24.9 Å². The van der Waals surface area contributed by atoms with E-state index in [1.54, 1.807) is 13.0 Å². The standard InChI is InChI=1S/C22H33NO7S/c1-13-3-6-15-10-16(11-22(28,30-15)19-12-31-21(27)23-19)29-20(26)9-14(2)5-8-18(25)17(24)7-4-13/h4,7,9,13,15-19,24-25,28H,3,5-6,8,10-12H2,1-2H3,(H,23,27)/b7-4-,14-9-/t13-,15+,16?,17?,18+,19?,22?/m0/s1. The Morgan fingerprint density at radius 2 is 1.94 bits per heavy atom. The quantitative estimate of drug-likeness (QED) is 0.350. The number of allylic oxidation sites excluding steroid dienone is 2. The van der Waals surface area contributed by atoms with Crippen molar-refractivity contribution in [2.45, 2.75) is 88.6 Å². The maximum absolute atomic E-state index is 12.5. The third kappa shape index (κ3) is 6.79. The van der Waals surface area contributed by atoms with Gasteiger partial charge in [0.25, 0.3) is 5.24 Å². The first-order valence-corrected chi connectivity index (χ1v) is 11.9. The molecule has 174 valence electrons. The molecule has 2 bridgehead atoms. The zero-order valence-electron chi connectivity index (χ0n) is 18.0. The molecule has 0 aromatic rings. The molecule has 1 amide bonds. The fourth-order valence-corrected chi connectivity index (χ4v) is 5.09. The van der Waals surface area contributed by atoms with Gasteiger partial charge in [-0.05, 0) is 38.5 Å². The number of esters is 1. The average Bonchev–Trinajstić information content (AvgIpc) is 3.14. The van der Waals surface area contributed by atoms with Gasteiger partial charge in [-0.25, -0.2) is 4.79 Å². The fraction of sp³-hybridized carbons (Fsp3) is 0.727. The monoisotopic (exact) mass is 455 g/mol. The highest BCUT2D eigenvalue weighted by Crippen LogP contribution is 2.37. The van der Waals surface area contributed by atoms with Crippen LogP contribution in [0.3, 0.4) is 0 Å². The van der Waals surface area contributed by atoms with Crippen LogP contribution in [-0.2, 0) is 14.3 Å². The van der Waals surface area contributed by atoms with E-state index >= 15 is 0 Å².